The van der Waals surface area contributed by atoms with Crippen LogP contribution in [0.4, 0.5) is 4.79 Å². The van der Waals surface area contributed by atoms with E-state index in [0.717, 1.165) is 24.8 Å². The molecule has 0 aromatic carbocycles. The zero-order valence-corrected chi connectivity index (χ0v) is 12.4. The molecule has 0 radical (unpaired) electrons. The number of nitrogens with zero attached hydrogens (tertiary/aromatic N) is 1. The van der Waals surface area contributed by atoms with Crippen LogP contribution in [0.15, 0.2) is 0 Å². The summed E-state index contributed by atoms with van der Waals surface area (Å²) in [5, 5.41) is 3.03. The van der Waals surface area contributed by atoms with E-state index >= 15 is 0 Å². The maximum absolute atomic E-state index is 11.6. The number of likely N-dealkylation sites (tertiary alicyclic amines) is 1. The molecule has 4 nitrogen and oxygen atoms in total. The number of alkyl carbamates (subject to hydrolysis) is 1. The molecule has 1 N–H and O–H groups in total. The van der Waals surface area contributed by atoms with Gasteiger partial charge in [-0.3, -0.25) is 0 Å². The summed E-state index contributed by atoms with van der Waals surface area (Å²) in [4.78, 5) is 14.1. The van der Waals surface area contributed by atoms with Crippen LogP contribution in [0.5, 0.6) is 0 Å². The van der Waals surface area contributed by atoms with Gasteiger partial charge >= 0.3 is 6.09 Å². The van der Waals surface area contributed by atoms with Gasteiger partial charge in [-0.2, -0.15) is 0 Å². The second-order valence-electron chi connectivity index (χ2n) is 6.11. The van der Waals surface area contributed by atoms with Gasteiger partial charge in [0.2, 0.25) is 0 Å². The Hall–Kier alpha value is -0.770. The molecule has 0 bridgehead atoms. The van der Waals surface area contributed by atoms with Crippen molar-refractivity contribution in [3.63, 3.8) is 0 Å². The van der Waals surface area contributed by atoms with E-state index in [1.165, 1.54) is 38.8 Å². The normalized spacial score (nSPS) is 28.1. The standard InChI is InChI=1S/C15H28N2O2/c1-3-5-13-8-14(16-15(18)19-4-2)11-17(10-13)9-12-6-7-12/h12-14H,3-11H2,1-2H3,(H,16,18). The average molecular weight is 268 g/mol. The molecule has 1 heterocycles. The van der Waals surface area contributed by atoms with Crippen molar-refractivity contribution in [3.05, 3.63) is 0 Å². The molecule has 2 fully saturated rings. The summed E-state index contributed by atoms with van der Waals surface area (Å²) >= 11 is 0. The van der Waals surface area contributed by atoms with Gasteiger partial charge in [-0.05, 0) is 44.4 Å². The summed E-state index contributed by atoms with van der Waals surface area (Å²) in [6.45, 7) is 7.97. The SMILES string of the molecule is CCCC1CC(NC(=O)OCC)CN(CC2CC2)C1. The van der Waals surface area contributed by atoms with Crippen molar-refractivity contribution in [1.29, 1.82) is 0 Å². The first-order valence-electron chi connectivity index (χ1n) is 7.86. The monoisotopic (exact) mass is 268 g/mol. The Morgan fingerprint density at radius 3 is 2.68 bits per heavy atom. The van der Waals surface area contributed by atoms with Gasteiger partial charge in [-0.25, -0.2) is 4.79 Å². The highest BCUT2D eigenvalue weighted by Crippen LogP contribution is 2.31. The van der Waals surface area contributed by atoms with Crippen LogP contribution in [0.25, 0.3) is 0 Å². The molecule has 19 heavy (non-hydrogen) atoms. The lowest BCUT2D eigenvalue weighted by Gasteiger charge is -2.38. The van der Waals surface area contributed by atoms with E-state index < -0.39 is 0 Å². The summed E-state index contributed by atoms with van der Waals surface area (Å²) < 4.78 is 5.00. The van der Waals surface area contributed by atoms with Crippen LogP contribution in [0.2, 0.25) is 0 Å². The van der Waals surface area contributed by atoms with Crippen LogP contribution < -0.4 is 5.32 Å². The van der Waals surface area contributed by atoms with Crippen LogP contribution in [-0.2, 0) is 4.74 Å². The van der Waals surface area contributed by atoms with Crippen LogP contribution in [-0.4, -0.2) is 43.3 Å². The summed E-state index contributed by atoms with van der Waals surface area (Å²) in [5.41, 5.74) is 0. The molecular formula is C15H28N2O2. The molecule has 2 rings (SSSR count). The number of hydrogen-bond donors (Lipinski definition) is 1. The Bertz CT molecular complexity index is 292. The number of hydrogen-bond acceptors (Lipinski definition) is 3. The fraction of sp³-hybridized carbons (Fsp3) is 0.933. The van der Waals surface area contributed by atoms with E-state index in [9.17, 15) is 4.79 Å². The molecule has 4 heteroatoms. The van der Waals surface area contributed by atoms with E-state index in [1.807, 2.05) is 6.92 Å². The van der Waals surface area contributed by atoms with Crippen molar-refractivity contribution in [2.75, 3.05) is 26.2 Å². The maximum atomic E-state index is 11.6. The minimum Gasteiger partial charge on any atom is -0.450 e. The number of amides is 1. The quantitative estimate of drug-likeness (QED) is 0.805. The van der Waals surface area contributed by atoms with Gasteiger partial charge in [0.15, 0.2) is 0 Å². The summed E-state index contributed by atoms with van der Waals surface area (Å²) in [6.07, 6.45) is 6.14. The van der Waals surface area contributed by atoms with Gasteiger partial charge in [0.1, 0.15) is 0 Å². The highest BCUT2D eigenvalue weighted by Gasteiger charge is 2.31. The first-order valence-corrected chi connectivity index (χ1v) is 7.86. The molecule has 0 aromatic rings. The first-order chi connectivity index (χ1) is 9.21. The number of ether oxygens (including phenoxy) is 1. The third-order valence-corrected chi connectivity index (χ3v) is 4.12. The molecule has 0 spiro atoms. The van der Waals surface area contributed by atoms with Gasteiger partial charge in [-0.15, -0.1) is 0 Å². The highest BCUT2D eigenvalue weighted by atomic mass is 16.5. The zero-order valence-electron chi connectivity index (χ0n) is 12.4. The summed E-state index contributed by atoms with van der Waals surface area (Å²) in [5.74, 6) is 1.65. The maximum Gasteiger partial charge on any atom is 0.407 e. The molecular weight excluding hydrogens is 240 g/mol. The third-order valence-electron chi connectivity index (χ3n) is 4.12. The minimum atomic E-state index is -0.254. The lowest BCUT2D eigenvalue weighted by molar-refractivity contribution is 0.112. The Morgan fingerprint density at radius 2 is 2.05 bits per heavy atom. The topological polar surface area (TPSA) is 41.6 Å². The minimum absolute atomic E-state index is 0.254. The van der Waals surface area contributed by atoms with Crippen molar-refractivity contribution in [2.24, 2.45) is 11.8 Å². The third kappa shape index (κ3) is 5.01. The van der Waals surface area contributed by atoms with E-state index in [-0.39, 0.29) is 12.1 Å². The van der Waals surface area contributed by atoms with E-state index in [2.05, 4.69) is 17.1 Å². The van der Waals surface area contributed by atoms with E-state index in [4.69, 9.17) is 4.74 Å². The lowest BCUT2D eigenvalue weighted by Crippen LogP contribution is -2.51. The highest BCUT2D eigenvalue weighted by molar-refractivity contribution is 5.67. The van der Waals surface area contributed by atoms with Gasteiger partial charge in [0.25, 0.3) is 0 Å². The van der Waals surface area contributed by atoms with Gasteiger partial charge in [0, 0.05) is 25.7 Å². The number of carbonyl (C=O) groups excluding carboxylic acids is 1. The summed E-state index contributed by atoms with van der Waals surface area (Å²) in [7, 11) is 0. The predicted octanol–water partition coefficient (Wildman–Crippen LogP) is 2.63. The Kier molecular flexibility index (Phi) is 5.49. The van der Waals surface area contributed by atoms with Crippen LogP contribution in [0.1, 0.15) is 46.0 Å². The van der Waals surface area contributed by atoms with Crippen LogP contribution in [0, 0.1) is 11.8 Å². The number of piperidine rings is 1. The number of rotatable bonds is 6. The Morgan fingerprint density at radius 1 is 1.26 bits per heavy atom. The molecule has 2 aliphatic rings. The second kappa shape index (κ2) is 7.13. The van der Waals surface area contributed by atoms with Crippen LogP contribution in [0.3, 0.4) is 0 Å². The van der Waals surface area contributed by atoms with Gasteiger partial charge in [0.05, 0.1) is 6.61 Å². The van der Waals surface area contributed by atoms with Gasteiger partial charge < -0.3 is 15.0 Å². The second-order valence-corrected chi connectivity index (χ2v) is 6.11. The molecule has 1 saturated heterocycles. The lowest BCUT2D eigenvalue weighted by atomic mass is 9.90. The largest absolute Gasteiger partial charge is 0.450 e. The van der Waals surface area contributed by atoms with Crippen molar-refractivity contribution in [3.8, 4) is 0 Å². The molecule has 1 aliphatic carbocycles. The van der Waals surface area contributed by atoms with Gasteiger partial charge in [-0.1, -0.05) is 13.3 Å². The molecule has 1 saturated carbocycles. The molecule has 1 aliphatic heterocycles. The number of carbonyl (C=O) groups is 1. The van der Waals surface area contributed by atoms with Crippen molar-refractivity contribution >= 4 is 6.09 Å². The summed E-state index contributed by atoms with van der Waals surface area (Å²) in [6, 6.07) is 0.267. The van der Waals surface area contributed by atoms with E-state index in [1.54, 1.807) is 0 Å². The zero-order chi connectivity index (χ0) is 13.7. The molecule has 2 unspecified atom stereocenters. The first kappa shape index (κ1) is 14.6. The Balaban J connectivity index is 1.83. The van der Waals surface area contributed by atoms with Crippen molar-refractivity contribution in [2.45, 2.75) is 52.0 Å². The van der Waals surface area contributed by atoms with E-state index in [0.29, 0.717) is 6.61 Å². The molecule has 0 aromatic heterocycles. The fourth-order valence-corrected chi connectivity index (χ4v) is 3.18. The van der Waals surface area contributed by atoms with Crippen LogP contribution >= 0.6 is 0 Å². The fourth-order valence-electron chi connectivity index (χ4n) is 3.18. The molecule has 2 atom stereocenters. The van der Waals surface area contributed by atoms with Crippen molar-refractivity contribution in [1.82, 2.24) is 10.2 Å². The molecule has 1 amide bonds. The predicted molar refractivity (Wildman–Crippen MR) is 76.1 cm³/mol. The molecule has 110 valence electrons. The number of nitrogens with one attached hydrogen (secondary N) is 1. The van der Waals surface area contributed by atoms with Crippen molar-refractivity contribution < 1.29 is 9.53 Å². The average Bonchev–Trinajstić information content (AvgIpc) is 3.13. The Labute approximate surface area is 116 Å². The smallest absolute Gasteiger partial charge is 0.407 e.